The number of fused-ring (bicyclic) bond motifs is 5. The van der Waals surface area contributed by atoms with Gasteiger partial charge >= 0.3 is 10.3 Å². The number of aliphatic hydroxyl groups is 1. The fourth-order valence-corrected chi connectivity index (χ4v) is 6.28. The van der Waals surface area contributed by atoms with E-state index >= 15 is 0 Å². The summed E-state index contributed by atoms with van der Waals surface area (Å²) in [5.41, 5.74) is 1.80. The Morgan fingerprint density at radius 2 is 2.11 bits per heavy atom. The quantitative estimate of drug-likeness (QED) is 0.366. The number of hydrogen-bond donors (Lipinski definition) is 3. The molecule has 0 heterocycles. The van der Waals surface area contributed by atoms with Crippen LogP contribution in [0.15, 0.2) is 28.5 Å². The molecule has 9 heteroatoms. The average molecular weight is 396 g/mol. The lowest BCUT2D eigenvalue weighted by atomic mass is 9.54. The van der Waals surface area contributed by atoms with Crippen molar-refractivity contribution in [3.63, 3.8) is 0 Å². The first-order valence-electron chi connectivity index (χ1n) is 9.20. The van der Waals surface area contributed by atoms with Gasteiger partial charge in [-0.05, 0) is 60.7 Å². The summed E-state index contributed by atoms with van der Waals surface area (Å²) >= 11 is 0. The third-order valence-electron chi connectivity index (χ3n) is 6.93. The molecule has 8 nitrogen and oxygen atoms in total. The van der Waals surface area contributed by atoms with Crippen LogP contribution in [0, 0.1) is 23.2 Å². The summed E-state index contributed by atoms with van der Waals surface area (Å²) in [6, 6.07) is 0. The highest BCUT2D eigenvalue weighted by atomic mass is 32.2. The molecule has 0 radical (unpaired) electrons. The smallest absolute Gasteiger partial charge is 0.336 e. The van der Waals surface area contributed by atoms with Gasteiger partial charge in [-0.25, -0.2) is 9.32 Å². The van der Waals surface area contributed by atoms with Gasteiger partial charge in [0, 0.05) is 18.3 Å². The van der Waals surface area contributed by atoms with Crippen LogP contribution in [-0.4, -0.2) is 36.0 Å². The molecule has 0 bridgehead atoms. The Kier molecular flexibility index (Phi) is 4.16. The monoisotopic (exact) mass is 396 g/mol. The van der Waals surface area contributed by atoms with Gasteiger partial charge in [0.25, 0.3) is 0 Å². The van der Waals surface area contributed by atoms with E-state index in [4.69, 9.17) is 5.14 Å². The molecule has 0 aliphatic heterocycles. The minimum Gasteiger partial charge on any atom is -0.411 e. The van der Waals surface area contributed by atoms with Crippen LogP contribution in [0.4, 0.5) is 0 Å². The largest absolute Gasteiger partial charge is 0.411 e. The van der Waals surface area contributed by atoms with E-state index in [2.05, 4.69) is 9.34 Å². The summed E-state index contributed by atoms with van der Waals surface area (Å²) in [4.78, 5) is 12.6. The minimum absolute atomic E-state index is 0.00962. The summed E-state index contributed by atoms with van der Waals surface area (Å²) in [6.45, 7) is 1.98. The first-order chi connectivity index (χ1) is 12.6. The minimum atomic E-state index is -4.28. The van der Waals surface area contributed by atoms with Crippen molar-refractivity contribution in [1.82, 2.24) is 0 Å². The summed E-state index contributed by atoms with van der Waals surface area (Å²) in [7, 11) is -4.28. The molecule has 3 saturated carbocycles. The van der Waals surface area contributed by atoms with Crippen LogP contribution in [0.5, 0.6) is 0 Å². The zero-order chi connectivity index (χ0) is 19.6. The third kappa shape index (κ3) is 2.97. The maximum Gasteiger partial charge on any atom is 0.336 e. The molecule has 4 aliphatic carbocycles. The van der Waals surface area contributed by atoms with Gasteiger partial charge in [-0.15, -0.1) is 0 Å². The molecule has 4 rings (SSSR count). The van der Waals surface area contributed by atoms with Crippen molar-refractivity contribution < 1.29 is 27.7 Å². The van der Waals surface area contributed by atoms with E-state index in [1.165, 1.54) is 6.08 Å². The number of rotatable bonds is 2. The SMILES string of the molecule is C[C@]12CC[C@@H]3C4=CCC(O)(OS(N)(=O)=O)C=C4CC[C@H]3[C@@H]1C/C(=N/O)C2=O. The van der Waals surface area contributed by atoms with Crippen LogP contribution in [-0.2, 0) is 19.3 Å². The van der Waals surface area contributed by atoms with Crippen molar-refractivity contribution in [3.05, 3.63) is 23.3 Å². The van der Waals surface area contributed by atoms with Gasteiger partial charge in [-0.1, -0.05) is 18.2 Å². The molecule has 3 fully saturated rings. The van der Waals surface area contributed by atoms with Gasteiger partial charge in [-0.3, -0.25) is 4.79 Å². The highest BCUT2D eigenvalue weighted by molar-refractivity contribution is 7.84. The van der Waals surface area contributed by atoms with Crippen molar-refractivity contribution in [1.29, 1.82) is 0 Å². The van der Waals surface area contributed by atoms with E-state index in [1.807, 2.05) is 13.0 Å². The van der Waals surface area contributed by atoms with E-state index < -0.39 is 21.5 Å². The predicted octanol–water partition coefficient (Wildman–Crippen LogP) is 1.40. The number of nitrogens with two attached hydrogens (primary N) is 1. The van der Waals surface area contributed by atoms with Crippen LogP contribution in [0.1, 0.15) is 45.4 Å². The van der Waals surface area contributed by atoms with Gasteiger partial charge < -0.3 is 10.3 Å². The van der Waals surface area contributed by atoms with Gasteiger partial charge in [-0.2, -0.15) is 8.42 Å². The van der Waals surface area contributed by atoms with Crippen molar-refractivity contribution in [2.45, 2.75) is 51.2 Å². The van der Waals surface area contributed by atoms with Crippen molar-refractivity contribution in [2.24, 2.45) is 33.5 Å². The van der Waals surface area contributed by atoms with E-state index in [-0.39, 0.29) is 29.8 Å². The highest BCUT2D eigenvalue weighted by Crippen LogP contribution is 2.59. The third-order valence-corrected chi connectivity index (χ3v) is 7.45. The Morgan fingerprint density at radius 3 is 2.78 bits per heavy atom. The van der Waals surface area contributed by atoms with Crippen LogP contribution in [0.3, 0.4) is 0 Å². The Hall–Kier alpha value is -1.55. The lowest BCUT2D eigenvalue weighted by Gasteiger charge is -2.49. The lowest BCUT2D eigenvalue weighted by molar-refractivity contribution is -0.126. The summed E-state index contributed by atoms with van der Waals surface area (Å²) in [5.74, 6) is -1.31. The van der Waals surface area contributed by atoms with E-state index in [9.17, 15) is 23.5 Å². The molecule has 0 aromatic heterocycles. The number of hydrogen-bond acceptors (Lipinski definition) is 7. The Morgan fingerprint density at radius 1 is 1.37 bits per heavy atom. The molecule has 1 unspecified atom stereocenters. The van der Waals surface area contributed by atoms with Gasteiger partial charge in [0.1, 0.15) is 5.71 Å². The van der Waals surface area contributed by atoms with Gasteiger partial charge in [0.2, 0.25) is 5.79 Å². The second-order valence-corrected chi connectivity index (χ2v) is 9.56. The number of allylic oxidation sites excluding steroid dienone is 2. The zero-order valence-electron chi connectivity index (χ0n) is 15.1. The molecule has 0 saturated heterocycles. The second-order valence-electron chi connectivity index (χ2n) is 8.41. The van der Waals surface area contributed by atoms with Crippen molar-refractivity contribution in [2.75, 3.05) is 0 Å². The molecule has 4 N–H and O–H groups in total. The molecule has 5 atom stereocenters. The van der Waals surface area contributed by atoms with Crippen LogP contribution in [0.25, 0.3) is 0 Å². The number of carbonyl (C=O) groups excluding carboxylic acids is 1. The first kappa shape index (κ1) is 18.8. The van der Waals surface area contributed by atoms with Crippen LogP contribution < -0.4 is 5.14 Å². The first-order valence-corrected chi connectivity index (χ1v) is 10.7. The zero-order valence-corrected chi connectivity index (χ0v) is 15.9. The number of Topliss-reactive ketones (excluding diaryl/α,β-unsaturated/α-hetero) is 1. The Labute approximate surface area is 158 Å². The number of nitrogens with zero attached hydrogens (tertiary/aromatic N) is 1. The maximum atomic E-state index is 12.6. The Balaban J connectivity index is 1.62. The predicted molar refractivity (Wildman–Crippen MR) is 95.8 cm³/mol. The van der Waals surface area contributed by atoms with Crippen LogP contribution >= 0.6 is 0 Å². The normalized spacial score (nSPS) is 42.9. The molecule has 4 aliphatic rings. The van der Waals surface area contributed by atoms with E-state index in [0.717, 1.165) is 30.4 Å². The number of ketones is 1. The molecular weight excluding hydrogens is 372 g/mol. The average Bonchev–Trinajstić information content (AvgIpc) is 2.83. The fraction of sp³-hybridized carbons (Fsp3) is 0.667. The fourth-order valence-electron chi connectivity index (χ4n) is 5.76. The summed E-state index contributed by atoms with van der Waals surface area (Å²) in [6.07, 6.45) is 6.86. The maximum absolute atomic E-state index is 12.6. The topological polar surface area (TPSA) is 139 Å². The van der Waals surface area contributed by atoms with Crippen molar-refractivity contribution >= 4 is 21.8 Å². The van der Waals surface area contributed by atoms with Crippen molar-refractivity contribution in [3.8, 4) is 0 Å². The van der Waals surface area contributed by atoms with Crippen LogP contribution in [0.2, 0.25) is 0 Å². The standard InChI is InChI=1S/C18H24N2O6S/c1-17-6-4-12-11-5-7-18(22,26-27(19,24)25)9-10(11)2-3-13(12)14(17)8-15(20-23)16(17)21/h5,9,12-14,22-23H,2-4,6-8H2,1H3,(H2,19,24,25)/b20-15-/t12-,13-,14+,17+,18?/m1/s1. The Bertz CT molecular complexity index is 892. The number of carbonyl (C=O) groups is 1. The molecule has 148 valence electrons. The van der Waals surface area contributed by atoms with E-state index in [0.29, 0.717) is 18.8 Å². The second kappa shape index (κ2) is 5.97. The van der Waals surface area contributed by atoms with Gasteiger partial charge in [0.05, 0.1) is 0 Å². The molecule has 0 amide bonds. The van der Waals surface area contributed by atoms with E-state index in [1.54, 1.807) is 0 Å². The summed E-state index contributed by atoms with van der Waals surface area (Å²) in [5, 5.41) is 27.8. The molecule has 27 heavy (non-hydrogen) atoms. The lowest BCUT2D eigenvalue weighted by Crippen LogP contribution is -2.45. The molecule has 0 spiro atoms. The number of oxime groups is 1. The summed E-state index contributed by atoms with van der Waals surface area (Å²) < 4.78 is 27.1. The molecule has 0 aromatic rings. The van der Waals surface area contributed by atoms with Gasteiger partial charge in [0.15, 0.2) is 5.78 Å². The molecular formula is C18H24N2O6S. The molecule has 0 aromatic carbocycles. The highest BCUT2D eigenvalue weighted by Gasteiger charge is 2.58.